The monoisotopic (exact) mass is 345 g/mol. The molecule has 0 saturated carbocycles. The van der Waals surface area contributed by atoms with Crippen molar-refractivity contribution in [1.29, 1.82) is 0 Å². The van der Waals surface area contributed by atoms with E-state index in [1.807, 2.05) is 12.1 Å². The standard InChI is InChI=1S/C19H27N3O3/c1-24-11-10-22-15-16(17-4-2-3-5-18(17)22)14-19(23)20-6-7-21-8-12-25-13-9-21/h2-5,15H,6-14H2,1H3,(H,20,23). The average Bonchev–Trinajstić information content (AvgIpc) is 2.99. The molecule has 1 aliphatic heterocycles. The molecule has 1 fully saturated rings. The van der Waals surface area contributed by atoms with Crippen LogP contribution in [0.3, 0.4) is 0 Å². The second-order valence-electron chi connectivity index (χ2n) is 6.34. The SMILES string of the molecule is COCCn1cc(CC(=O)NCCN2CCOCC2)c2ccccc21. The van der Waals surface area contributed by atoms with Crippen LogP contribution < -0.4 is 5.32 Å². The molecular weight excluding hydrogens is 318 g/mol. The summed E-state index contributed by atoms with van der Waals surface area (Å²) in [4.78, 5) is 14.7. The van der Waals surface area contributed by atoms with Crippen LogP contribution in [0.4, 0.5) is 0 Å². The van der Waals surface area contributed by atoms with Gasteiger partial charge < -0.3 is 19.4 Å². The lowest BCUT2D eigenvalue weighted by Gasteiger charge is -2.26. The maximum absolute atomic E-state index is 12.3. The Morgan fingerprint density at radius 1 is 1.24 bits per heavy atom. The van der Waals surface area contributed by atoms with Crippen LogP contribution in [0.25, 0.3) is 10.9 Å². The van der Waals surface area contributed by atoms with Crippen LogP contribution in [0.1, 0.15) is 5.56 Å². The summed E-state index contributed by atoms with van der Waals surface area (Å²) in [6.07, 6.45) is 2.48. The zero-order valence-corrected chi connectivity index (χ0v) is 14.9. The molecule has 0 radical (unpaired) electrons. The predicted molar refractivity (Wildman–Crippen MR) is 97.8 cm³/mol. The number of fused-ring (bicyclic) bond motifs is 1. The van der Waals surface area contributed by atoms with Gasteiger partial charge in [-0.15, -0.1) is 0 Å². The molecular formula is C19H27N3O3. The quantitative estimate of drug-likeness (QED) is 0.783. The third-order valence-electron chi connectivity index (χ3n) is 4.61. The lowest BCUT2D eigenvalue weighted by molar-refractivity contribution is -0.120. The van der Waals surface area contributed by atoms with Crippen molar-refractivity contribution in [2.24, 2.45) is 0 Å². The normalized spacial score (nSPS) is 15.6. The fraction of sp³-hybridized carbons (Fsp3) is 0.526. The summed E-state index contributed by atoms with van der Waals surface area (Å²) in [6.45, 7) is 6.47. The molecule has 0 bridgehead atoms. The highest BCUT2D eigenvalue weighted by Crippen LogP contribution is 2.21. The van der Waals surface area contributed by atoms with Gasteiger partial charge >= 0.3 is 0 Å². The largest absolute Gasteiger partial charge is 0.383 e. The Morgan fingerprint density at radius 2 is 2.04 bits per heavy atom. The topological polar surface area (TPSA) is 55.7 Å². The van der Waals surface area contributed by atoms with Crippen molar-refractivity contribution in [2.45, 2.75) is 13.0 Å². The number of morpholine rings is 1. The minimum atomic E-state index is 0.0721. The van der Waals surface area contributed by atoms with E-state index in [9.17, 15) is 4.79 Å². The number of carbonyl (C=O) groups excluding carboxylic acids is 1. The number of hydrogen-bond donors (Lipinski definition) is 1. The molecule has 1 aromatic carbocycles. The van der Waals surface area contributed by atoms with Crippen LogP contribution in [-0.2, 0) is 27.2 Å². The highest BCUT2D eigenvalue weighted by molar-refractivity contribution is 5.89. The van der Waals surface area contributed by atoms with Crippen LogP contribution in [0.5, 0.6) is 0 Å². The van der Waals surface area contributed by atoms with Gasteiger partial charge in [0.25, 0.3) is 0 Å². The Balaban J connectivity index is 1.57. The molecule has 6 heteroatoms. The first-order chi connectivity index (χ1) is 12.3. The molecule has 1 aromatic heterocycles. The van der Waals surface area contributed by atoms with E-state index >= 15 is 0 Å². The number of methoxy groups -OCH3 is 1. The average molecular weight is 345 g/mol. The Hall–Kier alpha value is -1.89. The molecule has 2 heterocycles. The maximum atomic E-state index is 12.3. The summed E-state index contributed by atoms with van der Waals surface area (Å²) in [5.74, 6) is 0.0721. The molecule has 2 aromatic rings. The molecule has 0 atom stereocenters. The first-order valence-electron chi connectivity index (χ1n) is 8.90. The van der Waals surface area contributed by atoms with Crippen LogP contribution in [-0.4, -0.2) is 68.5 Å². The van der Waals surface area contributed by atoms with Crippen molar-refractivity contribution < 1.29 is 14.3 Å². The van der Waals surface area contributed by atoms with Gasteiger partial charge in [0.15, 0.2) is 0 Å². The number of ether oxygens (including phenoxy) is 2. The number of aromatic nitrogens is 1. The van der Waals surface area contributed by atoms with Gasteiger partial charge in [-0.2, -0.15) is 0 Å². The van der Waals surface area contributed by atoms with E-state index in [1.54, 1.807) is 7.11 Å². The summed E-state index contributed by atoms with van der Waals surface area (Å²) in [5, 5.41) is 4.18. The molecule has 1 aliphatic rings. The number of amides is 1. The Kier molecular flexibility index (Phi) is 6.44. The molecule has 1 saturated heterocycles. The first kappa shape index (κ1) is 17.9. The summed E-state index contributed by atoms with van der Waals surface area (Å²) >= 11 is 0. The third-order valence-corrected chi connectivity index (χ3v) is 4.61. The number of benzene rings is 1. The van der Waals surface area contributed by atoms with E-state index in [-0.39, 0.29) is 5.91 Å². The molecule has 1 amide bonds. The van der Waals surface area contributed by atoms with E-state index < -0.39 is 0 Å². The second-order valence-corrected chi connectivity index (χ2v) is 6.34. The summed E-state index contributed by atoms with van der Waals surface area (Å²) < 4.78 is 12.7. The minimum Gasteiger partial charge on any atom is -0.383 e. The van der Waals surface area contributed by atoms with Crippen LogP contribution >= 0.6 is 0 Å². The van der Waals surface area contributed by atoms with Gasteiger partial charge in [-0.3, -0.25) is 9.69 Å². The highest BCUT2D eigenvalue weighted by Gasteiger charge is 2.13. The van der Waals surface area contributed by atoms with E-state index in [2.05, 4.69) is 33.1 Å². The zero-order valence-electron chi connectivity index (χ0n) is 14.9. The van der Waals surface area contributed by atoms with Gasteiger partial charge in [-0.05, 0) is 11.6 Å². The fourth-order valence-electron chi connectivity index (χ4n) is 3.25. The Bertz CT molecular complexity index is 692. The molecule has 0 unspecified atom stereocenters. The smallest absolute Gasteiger partial charge is 0.224 e. The minimum absolute atomic E-state index is 0.0721. The van der Waals surface area contributed by atoms with Crippen LogP contribution in [0.15, 0.2) is 30.5 Å². The zero-order chi connectivity index (χ0) is 17.5. The van der Waals surface area contributed by atoms with E-state index in [0.29, 0.717) is 19.6 Å². The molecule has 25 heavy (non-hydrogen) atoms. The van der Waals surface area contributed by atoms with E-state index in [4.69, 9.17) is 9.47 Å². The Morgan fingerprint density at radius 3 is 2.84 bits per heavy atom. The Labute approximate surface area is 148 Å². The van der Waals surface area contributed by atoms with E-state index in [1.165, 1.54) is 0 Å². The second kappa shape index (κ2) is 8.99. The van der Waals surface area contributed by atoms with Crippen molar-refractivity contribution >= 4 is 16.8 Å². The van der Waals surface area contributed by atoms with Gasteiger partial charge in [0.1, 0.15) is 0 Å². The number of nitrogens with zero attached hydrogens (tertiary/aromatic N) is 2. The summed E-state index contributed by atoms with van der Waals surface area (Å²) in [7, 11) is 1.70. The first-order valence-corrected chi connectivity index (χ1v) is 8.90. The predicted octanol–water partition coefficient (Wildman–Crippen LogP) is 1.28. The molecule has 0 spiro atoms. The van der Waals surface area contributed by atoms with Crippen molar-refractivity contribution in [3.05, 3.63) is 36.0 Å². The van der Waals surface area contributed by atoms with Crippen molar-refractivity contribution in [3.63, 3.8) is 0 Å². The van der Waals surface area contributed by atoms with Gasteiger partial charge in [-0.1, -0.05) is 18.2 Å². The number of rotatable bonds is 8. The number of hydrogen-bond acceptors (Lipinski definition) is 4. The van der Waals surface area contributed by atoms with Crippen molar-refractivity contribution in [1.82, 2.24) is 14.8 Å². The van der Waals surface area contributed by atoms with Gasteiger partial charge in [0.05, 0.1) is 26.2 Å². The lowest BCUT2D eigenvalue weighted by atomic mass is 10.1. The van der Waals surface area contributed by atoms with Gasteiger partial charge in [0, 0.05) is 56.9 Å². The van der Waals surface area contributed by atoms with Gasteiger partial charge in [0.2, 0.25) is 5.91 Å². The molecule has 136 valence electrons. The molecule has 1 N–H and O–H groups in total. The van der Waals surface area contributed by atoms with Crippen molar-refractivity contribution in [2.75, 3.05) is 53.1 Å². The maximum Gasteiger partial charge on any atom is 0.224 e. The number of nitrogens with one attached hydrogen (secondary N) is 1. The number of carbonyl (C=O) groups is 1. The third kappa shape index (κ3) is 4.81. The number of para-hydroxylation sites is 1. The summed E-state index contributed by atoms with van der Waals surface area (Å²) in [6, 6.07) is 8.21. The fourth-order valence-corrected chi connectivity index (χ4v) is 3.25. The molecule has 6 nitrogen and oxygen atoms in total. The summed E-state index contributed by atoms with van der Waals surface area (Å²) in [5.41, 5.74) is 2.21. The molecule has 3 rings (SSSR count). The van der Waals surface area contributed by atoms with Gasteiger partial charge in [-0.25, -0.2) is 0 Å². The lowest BCUT2D eigenvalue weighted by Crippen LogP contribution is -2.41. The molecule has 0 aliphatic carbocycles. The van der Waals surface area contributed by atoms with Crippen LogP contribution in [0, 0.1) is 0 Å². The highest BCUT2D eigenvalue weighted by atomic mass is 16.5. The van der Waals surface area contributed by atoms with Crippen molar-refractivity contribution in [3.8, 4) is 0 Å². The van der Waals surface area contributed by atoms with Crippen LogP contribution in [0.2, 0.25) is 0 Å². The van der Waals surface area contributed by atoms with E-state index in [0.717, 1.165) is 55.9 Å².